The van der Waals surface area contributed by atoms with Gasteiger partial charge in [-0.2, -0.15) is 0 Å². The highest BCUT2D eigenvalue weighted by molar-refractivity contribution is 9.10. The van der Waals surface area contributed by atoms with Crippen molar-refractivity contribution in [2.45, 2.75) is 26.2 Å². The molecule has 0 bridgehead atoms. The van der Waals surface area contributed by atoms with Crippen LogP contribution in [0.2, 0.25) is 0 Å². The molecule has 92 valence electrons. The topological polar surface area (TPSA) is 20.3 Å². The summed E-state index contributed by atoms with van der Waals surface area (Å²) in [6, 6.07) is 5.94. The van der Waals surface area contributed by atoms with Gasteiger partial charge in [-0.15, -0.1) is 0 Å². The lowest BCUT2D eigenvalue weighted by Crippen LogP contribution is -2.30. The first-order valence-corrected chi connectivity index (χ1v) is 6.89. The zero-order valence-electron chi connectivity index (χ0n) is 10.4. The van der Waals surface area contributed by atoms with Crippen molar-refractivity contribution < 1.29 is 4.79 Å². The molecule has 0 spiro atoms. The molecule has 0 atom stereocenters. The summed E-state index contributed by atoms with van der Waals surface area (Å²) in [5, 5.41) is 0. The van der Waals surface area contributed by atoms with Crippen molar-refractivity contribution in [2.24, 2.45) is 5.92 Å². The number of Topliss-reactive ketones (excluding diaryl/α,β-unsaturated/α-hetero) is 1. The maximum atomic E-state index is 11.6. The highest BCUT2D eigenvalue weighted by atomic mass is 79.9. The van der Waals surface area contributed by atoms with Gasteiger partial charge in [-0.25, -0.2) is 0 Å². The summed E-state index contributed by atoms with van der Waals surface area (Å²) in [5.41, 5.74) is 1.86. The van der Waals surface area contributed by atoms with Crippen LogP contribution in [0.1, 0.15) is 36.5 Å². The van der Waals surface area contributed by atoms with Crippen LogP contribution in [0.25, 0.3) is 0 Å². The molecule has 1 aliphatic carbocycles. The second kappa shape index (κ2) is 5.21. The maximum Gasteiger partial charge on any atom is 0.161 e. The first-order chi connectivity index (χ1) is 8.08. The van der Waals surface area contributed by atoms with E-state index in [0.29, 0.717) is 0 Å². The summed E-state index contributed by atoms with van der Waals surface area (Å²) in [7, 11) is 2.08. The average Bonchev–Trinajstić information content (AvgIpc) is 2.23. The second-order valence-electron chi connectivity index (χ2n) is 4.90. The largest absolute Gasteiger partial charge is 0.374 e. The van der Waals surface area contributed by atoms with Gasteiger partial charge < -0.3 is 4.90 Å². The molecule has 0 aliphatic heterocycles. The minimum Gasteiger partial charge on any atom is -0.374 e. The summed E-state index contributed by atoms with van der Waals surface area (Å²) in [5.74, 6) is 0.935. The van der Waals surface area contributed by atoms with E-state index in [1.54, 1.807) is 6.92 Å². The molecule has 0 radical (unpaired) electrons. The standard InChI is InChI=1S/C14H18BrNO/c1-10(17)13-8-12(15)6-7-14(13)16(2)9-11-4-3-5-11/h6-8,11H,3-5,9H2,1-2H3. The van der Waals surface area contributed by atoms with Crippen molar-refractivity contribution in [1.82, 2.24) is 0 Å². The molecule has 3 heteroatoms. The molecule has 2 nitrogen and oxygen atoms in total. The average molecular weight is 296 g/mol. The Balaban J connectivity index is 2.20. The van der Waals surface area contributed by atoms with Gasteiger partial charge in [0.15, 0.2) is 5.78 Å². The Labute approximate surface area is 111 Å². The minimum atomic E-state index is 0.127. The molecular weight excluding hydrogens is 278 g/mol. The van der Waals surface area contributed by atoms with Crippen molar-refractivity contribution >= 4 is 27.4 Å². The van der Waals surface area contributed by atoms with Crippen LogP contribution < -0.4 is 4.90 Å². The van der Waals surface area contributed by atoms with Crippen LogP contribution >= 0.6 is 15.9 Å². The van der Waals surface area contributed by atoms with Gasteiger partial charge in [0, 0.05) is 29.3 Å². The molecule has 1 aromatic rings. The Hall–Kier alpha value is -0.830. The van der Waals surface area contributed by atoms with Crippen molar-refractivity contribution in [3.63, 3.8) is 0 Å². The normalized spacial score (nSPS) is 15.5. The predicted molar refractivity (Wildman–Crippen MR) is 74.8 cm³/mol. The zero-order valence-corrected chi connectivity index (χ0v) is 12.0. The van der Waals surface area contributed by atoms with Crippen molar-refractivity contribution in [1.29, 1.82) is 0 Å². The molecule has 2 rings (SSSR count). The van der Waals surface area contributed by atoms with Crippen LogP contribution in [0.3, 0.4) is 0 Å². The van der Waals surface area contributed by atoms with E-state index in [1.165, 1.54) is 19.3 Å². The van der Waals surface area contributed by atoms with Gasteiger partial charge in [0.2, 0.25) is 0 Å². The van der Waals surface area contributed by atoms with Gasteiger partial charge in [0.25, 0.3) is 0 Å². The number of rotatable bonds is 4. The molecule has 0 aromatic heterocycles. The third-order valence-corrected chi connectivity index (χ3v) is 4.00. The van der Waals surface area contributed by atoms with Gasteiger partial charge in [-0.1, -0.05) is 22.4 Å². The zero-order chi connectivity index (χ0) is 12.4. The number of hydrogen-bond acceptors (Lipinski definition) is 2. The Morgan fingerprint density at radius 3 is 2.71 bits per heavy atom. The number of hydrogen-bond donors (Lipinski definition) is 0. The van der Waals surface area contributed by atoms with E-state index in [-0.39, 0.29) is 5.78 Å². The van der Waals surface area contributed by atoms with E-state index in [4.69, 9.17) is 0 Å². The fourth-order valence-electron chi connectivity index (χ4n) is 2.28. The number of ketones is 1. The number of halogens is 1. The summed E-state index contributed by atoms with van der Waals surface area (Å²) in [6.45, 7) is 2.68. The molecule has 0 saturated heterocycles. The highest BCUT2D eigenvalue weighted by Gasteiger charge is 2.20. The molecule has 0 amide bonds. The molecule has 1 fully saturated rings. The minimum absolute atomic E-state index is 0.127. The molecule has 1 aromatic carbocycles. The van der Waals surface area contributed by atoms with E-state index >= 15 is 0 Å². The van der Waals surface area contributed by atoms with E-state index in [1.807, 2.05) is 18.2 Å². The van der Waals surface area contributed by atoms with Crippen molar-refractivity contribution in [2.75, 3.05) is 18.5 Å². The Bertz CT molecular complexity index is 426. The lowest BCUT2D eigenvalue weighted by molar-refractivity contribution is 0.101. The van der Waals surface area contributed by atoms with Crippen LogP contribution in [0.5, 0.6) is 0 Å². The third-order valence-electron chi connectivity index (χ3n) is 3.51. The summed E-state index contributed by atoms with van der Waals surface area (Å²) < 4.78 is 0.962. The molecule has 1 saturated carbocycles. The number of benzene rings is 1. The maximum absolute atomic E-state index is 11.6. The number of carbonyl (C=O) groups excluding carboxylic acids is 1. The Kier molecular flexibility index (Phi) is 3.87. The van der Waals surface area contributed by atoms with E-state index < -0.39 is 0 Å². The smallest absolute Gasteiger partial charge is 0.161 e. The van der Waals surface area contributed by atoms with Gasteiger partial charge in [-0.05, 0) is 43.9 Å². The SMILES string of the molecule is CC(=O)c1cc(Br)ccc1N(C)CC1CCC1. The van der Waals surface area contributed by atoms with E-state index in [9.17, 15) is 4.79 Å². The molecule has 1 aliphatic rings. The van der Waals surface area contributed by atoms with E-state index in [0.717, 1.165) is 28.2 Å². The molecule has 0 N–H and O–H groups in total. The first kappa shape index (κ1) is 12.6. The monoisotopic (exact) mass is 295 g/mol. The van der Waals surface area contributed by atoms with Gasteiger partial charge in [0.1, 0.15) is 0 Å². The second-order valence-corrected chi connectivity index (χ2v) is 5.81. The van der Waals surface area contributed by atoms with Crippen molar-refractivity contribution in [3.05, 3.63) is 28.2 Å². The van der Waals surface area contributed by atoms with Crippen LogP contribution in [0.15, 0.2) is 22.7 Å². The third kappa shape index (κ3) is 2.89. The summed E-state index contributed by atoms with van der Waals surface area (Å²) in [6.07, 6.45) is 4.02. The van der Waals surface area contributed by atoms with Gasteiger partial charge in [0.05, 0.1) is 0 Å². The fraction of sp³-hybridized carbons (Fsp3) is 0.500. The van der Waals surface area contributed by atoms with Gasteiger partial charge in [-0.3, -0.25) is 4.79 Å². The van der Waals surface area contributed by atoms with Crippen molar-refractivity contribution in [3.8, 4) is 0 Å². The van der Waals surface area contributed by atoms with Crippen LogP contribution in [0.4, 0.5) is 5.69 Å². The Morgan fingerprint density at radius 2 is 2.18 bits per heavy atom. The van der Waals surface area contributed by atoms with Gasteiger partial charge >= 0.3 is 0 Å². The first-order valence-electron chi connectivity index (χ1n) is 6.09. The van der Waals surface area contributed by atoms with Crippen LogP contribution in [-0.4, -0.2) is 19.4 Å². The highest BCUT2D eigenvalue weighted by Crippen LogP contribution is 2.30. The molecular formula is C14H18BrNO. The lowest BCUT2D eigenvalue weighted by atomic mass is 9.85. The summed E-state index contributed by atoms with van der Waals surface area (Å²) >= 11 is 3.42. The fourth-order valence-corrected chi connectivity index (χ4v) is 2.65. The van der Waals surface area contributed by atoms with Crippen LogP contribution in [0, 0.1) is 5.92 Å². The molecule has 17 heavy (non-hydrogen) atoms. The number of carbonyl (C=O) groups is 1. The molecule has 0 heterocycles. The molecule has 0 unspecified atom stereocenters. The lowest BCUT2D eigenvalue weighted by Gasteiger charge is -2.32. The quantitative estimate of drug-likeness (QED) is 0.786. The Morgan fingerprint density at radius 1 is 1.47 bits per heavy atom. The predicted octanol–water partition coefficient (Wildman–Crippen LogP) is 3.89. The number of nitrogens with zero attached hydrogens (tertiary/aromatic N) is 1. The summed E-state index contributed by atoms with van der Waals surface area (Å²) in [4.78, 5) is 13.9. The van der Waals surface area contributed by atoms with Crippen LogP contribution in [-0.2, 0) is 0 Å². The number of anilines is 1. The van der Waals surface area contributed by atoms with E-state index in [2.05, 4.69) is 27.9 Å².